The van der Waals surface area contributed by atoms with Crippen molar-refractivity contribution in [3.05, 3.63) is 17.5 Å². The van der Waals surface area contributed by atoms with E-state index in [0.717, 1.165) is 0 Å². The molecule has 0 saturated heterocycles. The van der Waals surface area contributed by atoms with Gasteiger partial charge in [-0.1, -0.05) is 11.1 Å². The Morgan fingerprint density at radius 2 is 2.35 bits per heavy atom. The summed E-state index contributed by atoms with van der Waals surface area (Å²) in [5, 5.41) is 3.63. The van der Waals surface area contributed by atoms with Crippen molar-refractivity contribution in [2.75, 3.05) is 13.2 Å². The van der Waals surface area contributed by atoms with Crippen LogP contribution in [0.1, 0.15) is 37.0 Å². The smallest absolute Gasteiger partial charge is 0.360 e. The van der Waals surface area contributed by atoms with Gasteiger partial charge in [0.25, 0.3) is 0 Å². The lowest BCUT2D eigenvalue weighted by Gasteiger charge is -2.20. The van der Waals surface area contributed by atoms with Crippen molar-refractivity contribution in [2.45, 2.75) is 26.4 Å². The molecular formula is C12H15NO4. The lowest BCUT2D eigenvalue weighted by Crippen LogP contribution is -2.21. The first-order valence-corrected chi connectivity index (χ1v) is 5.23. The van der Waals surface area contributed by atoms with Crippen LogP contribution in [-0.4, -0.2) is 24.3 Å². The first-order chi connectivity index (χ1) is 8.01. The molecule has 5 nitrogen and oxygen atoms in total. The van der Waals surface area contributed by atoms with Crippen LogP contribution in [0.5, 0.6) is 0 Å². The van der Waals surface area contributed by atoms with Crippen LogP contribution in [0.15, 0.2) is 10.6 Å². The average molecular weight is 237 g/mol. The standard InChI is InChI=1S/C12H15NO4/c1-5-7-16-12(3,4)10-8-9(13-17-10)11(14)15-6-2/h1,8H,6-7H2,2-4H3. The fourth-order valence-corrected chi connectivity index (χ4v) is 1.15. The molecule has 92 valence electrons. The second-order valence-electron chi connectivity index (χ2n) is 3.80. The number of aromatic nitrogens is 1. The van der Waals surface area contributed by atoms with E-state index in [1.807, 2.05) is 0 Å². The fraction of sp³-hybridized carbons (Fsp3) is 0.500. The van der Waals surface area contributed by atoms with Crippen LogP contribution in [0, 0.1) is 12.3 Å². The van der Waals surface area contributed by atoms with Crippen molar-refractivity contribution in [1.82, 2.24) is 5.16 Å². The third kappa shape index (κ3) is 3.33. The molecule has 0 unspecified atom stereocenters. The number of ether oxygens (including phenoxy) is 2. The van der Waals surface area contributed by atoms with Crippen molar-refractivity contribution in [2.24, 2.45) is 0 Å². The minimum atomic E-state index is -0.732. The van der Waals surface area contributed by atoms with Gasteiger partial charge in [0.05, 0.1) is 6.61 Å². The fourth-order valence-electron chi connectivity index (χ4n) is 1.15. The zero-order chi connectivity index (χ0) is 12.9. The van der Waals surface area contributed by atoms with Crippen molar-refractivity contribution in [3.63, 3.8) is 0 Å². The van der Waals surface area contributed by atoms with E-state index < -0.39 is 11.6 Å². The van der Waals surface area contributed by atoms with Gasteiger partial charge in [0.2, 0.25) is 0 Å². The van der Waals surface area contributed by atoms with Crippen LogP contribution in [-0.2, 0) is 15.1 Å². The number of hydrogen-bond acceptors (Lipinski definition) is 5. The maximum atomic E-state index is 11.4. The van der Waals surface area contributed by atoms with Crippen LogP contribution in [0.2, 0.25) is 0 Å². The Morgan fingerprint density at radius 1 is 1.65 bits per heavy atom. The lowest BCUT2D eigenvalue weighted by atomic mass is 10.1. The lowest BCUT2D eigenvalue weighted by molar-refractivity contribution is -0.0221. The van der Waals surface area contributed by atoms with Crippen molar-refractivity contribution in [3.8, 4) is 12.3 Å². The Hall–Kier alpha value is -1.80. The van der Waals surface area contributed by atoms with E-state index in [4.69, 9.17) is 20.4 Å². The van der Waals surface area contributed by atoms with Gasteiger partial charge in [-0.05, 0) is 20.8 Å². The molecule has 0 N–H and O–H groups in total. The van der Waals surface area contributed by atoms with Crippen LogP contribution >= 0.6 is 0 Å². The van der Waals surface area contributed by atoms with Gasteiger partial charge in [-0.15, -0.1) is 6.42 Å². The third-order valence-corrected chi connectivity index (χ3v) is 2.10. The molecule has 0 atom stereocenters. The van der Waals surface area contributed by atoms with Crippen molar-refractivity contribution in [1.29, 1.82) is 0 Å². The molecule has 1 aromatic heterocycles. The van der Waals surface area contributed by atoms with E-state index in [2.05, 4.69) is 11.1 Å². The molecule has 0 radical (unpaired) electrons. The van der Waals surface area contributed by atoms with Crippen molar-refractivity contribution < 1.29 is 18.8 Å². The molecule has 1 heterocycles. The predicted molar refractivity (Wildman–Crippen MR) is 60.3 cm³/mol. The van der Waals surface area contributed by atoms with Gasteiger partial charge in [-0.2, -0.15) is 0 Å². The topological polar surface area (TPSA) is 61.6 Å². The van der Waals surface area contributed by atoms with Gasteiger partial charge in [0.15, 0.2) is 11.5 Å². The zero-order valence-corrected chi connectivity index (χ0v) is 10.1. The first-order valence-electron chi connectivity index (χ1n) is 5.23. The van der Waals surface area contributed by atoms with Gasteiger partial charge < -0.3 is 14.0 Å². The molecule has 0 amide bonds. The highest BCUT2D eigenvalue weighted by Gasteiger charge is 2.28. The Labute approximate surface area is 100 Å². The summed E-state index contributed by atoms with van der Waals surface area (Å²) in [5.41, 5.74) is -0.608. The normalized spacial score (nSPS) is 10.9. The Kier molecular flexibility index (Phi) is 4.30. The maximum absolute atomic E-state index is 11.4. The highest BCUT2D eigenvalue weighted by atomic mass is 16.5. The summed E-state index contributed by atoms with van der Waals surface area (Å²) in [6.07, 6.45) is 5.11. The van der Waals surface area contributed by atoms with E-state index in [-0.39, 0.29) is 18.9 Å². The highest BCUT2D eigenvalue weighted by Crippen LogP contribution is 2.25. The summed E-state index contributed by atoms with van der Waals surface area (Å²) in [7, 11) is 0. The van der Waals surface area contributed by atoms with Crippen LogP contribution in [0.4, 0.5) is 0 Å². The molecule has 0 spiro atoms. The number of hydrogen-bond donors (Lipinski definition) is 0. The van der Waals surface area contributed by atoms with E-state index in [1.165, 1.54) is 6.07 Å². The SMILES string of the molecule is C#CCOC(C)(C)c1cc(C(=O)OCC)no1. The van der Waals surface area contributed by atoms with Crippen LogP contribution < -0.4 is 0 Å². The van der Waals surface area contributed by atoms with Gasteiger partial charge >= 0.3 is 5.97 Å². The predicted octanol–water partition coefficient (Wildman–Crippen LogP) is 1.74. The third-order valence-electron chi connectivity index (χ3n) is 2.10. The molecule has 0 aliphatic rings. The summed E-state index contributed by atoms with van der Waals surface area (Å²) < 4.78 is 15.2. The highest BCUT2D eigenvalue weighted by molar-refractivity contribution is 5.87. The summed E-state index contributed by atoms with van der Waals surface area (Å²) >= 11 is 0. The van der Waals surface area contributed by atoms with Gasteiger partial charge in [-0.25, -0.2) is 4.79 Å². The molecule has 0 aliphatic heterocycles. The van der Waals surface area contributed by atoms with E-state index in [0.29, 0.717) is 5.76 Å². The van der Waals surface area contributed by atoms with E-state index >= 15 is 0 Å². The second kappa shape index (κ2) is 5.51. The molecule has 5 heteroatoms. The average Bonchev–Trinajstić information content (AvgIpc) is 2.77. The number of terminal acetylenes is 1. The molecule has 0 aliphatic carbocycles. The number of esters is 1. The summed E-state index contributed by atoms with van der Waals surface area (Å²) in [6, 6.07) is 1.49. The summed E-state index contributed by atoms with van der Waals surface area (Å²) in [4.78, 5) is 11.4. The molecule has 17 heavy (non-hydrogen) atoms. The molecule has 0 aromatic carbocycles. The minimum absolute atomic E-state index is 0.124. The van der Waals surface area contributed by atoms with Crippen LogP contribution in [0.3, 0.4) is 0 Å². The van der Waals surface area contributed by atoms with Gasteiger partial charge in [0.1, 0.15) is 12.2 Å². The number of carbonyl (C=O) groups is 1. The first kappa shape index (κ1) is 13.3. The molecule has 0 bridgehead atoms. The maximum Gasteiger partial charge on any atom is 0.360 e. The number of carbonyl (C=O) groups excluding carboxylic acids is 1. The quantitative estimate of drug-likeness (QED) is 0.576. The number of nitrogens with zero attached hydrogens (tertiary/aromatic N) is 1. The molecule has 1 aromatic rings. The monoisotopic (exact) mass is 237 g/mol. The van der Waals surface area contributed by atoms with Gasteiger partial charge in [-0.3, -0.25) is 0 Å². The summed E-state index contributed by atoms with van der Waals surface area (Å²) in [5.74, 6) is 2.28. The minimum Gasteiger partial charge on any atom is -0.461 e. The number of rotatable bonds is 5. The Balaban J connectivity index is 2.80. The largest absolute Gasteiger partial charge is 0.461 e. The summed E-state index contributed by atoms with van der Waals surface area (Å²) in [6.45, 7) is 5.72. The Bertz CT molecular complexity index is 428. The Morgan fingerprint density at radius 3 is 2.94 bits per heavy atom. The zero-order valence-electron chi connectivity index (χ0n) is 10.1. The molecular weight excluding hydrogens is 222 g/mol. The molecule has 1 rings (SSSR count). The molecule has 0 fully saturated rings. The van der Waals surface area contributed by atoms with E-state index in [9.17, 15) is 4.79 Å². The van der Waals surface area contributed by atoms with E-state index in [1.54, 1.807) is 20.8 Å². The van der Waals surface area contributed by atoms with Gasteiger partial charge in [0, 0.05) is 6.07 Å². The van der Waals surface area contributed by atoms with Crippen molar-refractivity contribution >= 4 is 5.97 Å². The molecule has 0 saturated carbocycles. The van der Waals surface area contributed by atoms with Crippen LogP contribution in [0.25, 0.3) is 0 Å². The second-order valence-corrected chi connectivity index (χ2v) is 3.80.